The number of hydrogen-bond donors (Lipinski definition) is 1. The first kappa shape index (κ1) is 24.9. The Kier molecular flexibility index (Phi) is 6.80. The lowest BCUT2D eigenvalue weighted by molar-refractivity contribution is -0.132. The molecule has 1 aromatic carbocycles. The number of carbonyl (C=O) groups excluding carboxylic acids is 3. The molecule has 1 atom stereocenters. The number of benzene rings is 1. The van der Waals surface area contributed by atoms with Crippen molar-refractivity contribution in [2.45, 2.75) is 39.7 Å². The van der Waals surface area contributed by atoms with Gasteiger partial charge >= 0.3 is 0 Å². The van der Waals surface area contributed by atoms with Gasteiger partial charge in [0.25, 0.3) is 5.91 Å². The third-order valence-corrected chi connectivity index (χ3v) is 6.50. The van der Waals surface area contributed by atoms with Gasteiger partial charge in [0.2, 0.25) is 11.8 Å². The van der Waals surface area contributed by atoms with Crippen LogP contribution in [-0.2, 0) is 16.1 Å². The van der Waals surface area contributed by atoms with Crippen molar-refractivity contribution in [3.63, 3.8) is 0 Å². The first-order chi connectivity index (χ1) is 17.1. The molecule has 36 heavy (non-hydrogen) atoms. The van der Waals surface area contributed by atoms with Gasteiger partial charge in [-0.05, 0) is 49.6 Å². The summed E-state index contributed by atoms with van der Waals surface area (Å²) in [5.41, 5.74) is 7.26. The quantitative estimate of drug-likeness (QED) is 0.538. The molecule has 0 saturated carbocycles. The van der Waals surface area contributed by atoms with Crippen molar-refractivity contribution >= 4 is 28.6 Å². The molecule has 0 aliphatic carbocycles. The second-order valence-corrected chi connectivity index (χ2v) is 9.44. The molecule has 3 amide bonds. The summed E-state index contributed by atoms with van der Waals surface area (Å²) in [6.07, 6.45) is 3.56. The number of nitrogens with two attached hydrogens (primary N) is 1. The first-order valence-corrected chi connectivity index (χ1v) is 11.9. The van der Waals surface area contributed by atoms with Crippen molar-refractivity contribution in [3.05, 3.63) is 53.3 Å². The maximum atomic E-state index is 12.4. The molecule has 1 saturated heterocycles. The Bertz CT molecular complexity index is 1420. The molecule has 2 N–H and O–H groups in total. The summed E-state index contributed by atoms with van der Waals surface area (Å²) in [6.45, 7) is 4.92. The highest BCUT2D eigenvalue weighted by Gasteiger charge is 2.39. The van der Waals surface area contributed by atoms with Crippen molar-refractivity contribution < 1.29 is 14.4 Å². The van der Waals surface area contributed by atoms with Crippen LogP contribution in [0.4, 0.5) is 0 Å². The van der Waals surface area contributed by atoms with Crippen LogP contribution in [0, 0.1) is 17.3 Å². The van der Waals surface area contributed by atoms with Crippen LogP contribution in [0.25, 0.3) is 16.7 Å². The number of hydrogen-bond acceptors (Lipinski definition) is 5. The molecule has 1 aliphatic rings. The Morgan fingerprint density at radius 3 is 2.69 bits per heavy atom. The van der Waals surface area contributed by atoms with E-state index in [1.54, 1.807) is 46.9 Å². The van der Waals surface area contributed by atoms with Gasteiger partial charge in [-0.25, -0.2) is 9.67 Å². The Morgan fingerprint density at radius 2 is 2.03 bits per heavy atom. The first-order valence-electron chi connectivity index (χ1n) is 11.9. The lowest BCUT2D eigenvalue weighted by Crippen LogP contribution is -2.28. The van der Waals surface area contributed by atoms with E-state index in [4.69, 9.17) is 5.73 Å². The van der Waals surface area contributed by atoms with Crippen molar-refractivity contribution in [2.24, 2.45) is 11.1 Å². The van der Waals surface area contributed by atoms with Crippen molar-refractivity contribution in [2.75, 3.05) is 20.6 Å². The van der Waals surface area contributed by atoms with Crippen LogP contribution in [0.2, 0.25) is 0 Å². The van der Waals surface area contributed by atoms with Gasteiger partial charge in [0, 0.05) is 50.8 Å². The lowest BCUT2D eigenvalue weighted by Gasteiger charge is -2.17. The van der Waals surface area contributed by atoms with Crippen LogP contribution in [0.15, 0.2) is 36.5 Å². The van der Waals surface area contributed by atoms with E-state index >= 15 is 0 Å². The van der Waals surface area contributed by atoms with Gasteiger partial charge in [0.15, 0.2) is 11.5 Å². The minimum absolute atomic E-state index is 0.0197. The normalized spacial score (nSPS) is 17.2. The van der Waals surface area contributed by atoms with Crippen LogP contribution in [-0.4, -0.2) is 62.9 Å². The van der Waals surface area contributed by atoms with Crippen LogP contribution in [0.3, 0.4) is 0 Å². The van der Waals surface area contributed by atoms with E-state index in [9.17, 15) is 14.4 Å². The third-order valence-electron chi connectivity index (χ3n) is 6.50. The molecule has 0 bridgehead atoms. The predicted molar refractivity (Wildman–Crippen MR) is 136 cm³/mol. The molecule has 3 heterocycles. The second kappa shape index (κ2) is 9.82. The molecule has 1 fully saturated rings. The number of nitrogens with zero attached hydrogens (tertiary/aromatic N) is 5. The summed E-state index contributed by atoms with van der Waals surface area (Å²) >= 11 is 0. The number of primary amides is 1. The number of carbonyl (C=O) groups is 3. The number of fused-ring (bicyclic) bond motifs is 1. The van der Waals surface area contributed by atoms with Gasteiger partial charge in [0.1, 0.15) is 5.41 Å². The highest BCUT2D eigenvalue weighted by Crippen LogP contribution is 2.30. The number of rotatable bonds is 6. The maximum Gasteiger partial charge on any atom is 0.269 e. The van der Waals surface area contributed by atoms with Gasteiger partial charge in [-0.3, -0.25) is 14.4 Å². The van der Waals surface area contributed by atoms with E-state index < -0.39 is 11.3 Å². The largest absolute Gasteiger partial charge is 0.364 e. The molecule has 0 unspecified atom stereocenters. The molecule has 0 radical (unpaired) electrons. The number of aromatic nitrogens is 3. The molecule has 3 aromatic rings. The van der Waals surface area contributed by atoms with Crippen LogP contribution >= 0.6 is 0 Å². The molecule has 4 rings (SSSR count). The Balaban J connectivity index is 1.69. The number of amides is 3. The highest BCUT2D eigenvalue weighted by atomic mass is 16.2. The topological polar surface area (TPSA) is 114 Å². The van der Waals surface area contributed by atoms with Crippen LogP contribution in [0.5, 0.6) is 0 Å². The number of likely N-dealkylation sites (tertiary alicyclic amines) is 1. The minimum atomic E-state index is -0.711. The fraction of sp³-hybridized carbons (Fsp3) is 0.370. The smallest absolute Gasteiger partial charge is 0.269 e. The molecular weight excluding hydrogens is 456 g/mol. The summed E-state index contributed by atoms with van der Waals surface area (Å²) in [7, 11) is 3.54. The minimum Gasteiger partial charge on any atom is -0.364 e. The lowest BCUT2D eigenvalue weighted by atomic mass is 9.89. The Labute approximate surface area is 210 Å². The standard InChI is InChI=1S/C27H30N6O3/c1-5-6-23(34)32(4)17-19-7-8-21-20(15-19)24(25(28)35)30-33(21)22-16-18(10-13-29-22)9-11-27(2)12-14-31(3)26(27)36/h7-8,10,13,15-16H,5-6,12,14,17H2,1-4H3,(H2,28,35)/t27-/m1/s1. The van der Waals surface area contributed by atoms with E-state index in [0.717, 1.165) is 12.0 Å². The zero-order valence-electron chi connectivity index (χ0n) is 21.0. The van der Waals surface area contributed by atoms with E-state index in [0.29, 0.717) is 48.2 Å². The summed E-state index contributed by atoms with van der Waals surface area (Å²) in [5, 5.41) is 5.03. The molecule has 9 nitrogen and oxygen atoms in total. The average Bonchev–Trinajstić information content (AvgIpc) is 3.36. The molecule has 9 heteroatoms. The summed E-state index contributed by atoms with van der Waals surface area (Å²) in [4.78, 5) is 44.6. The van der Waals surface area contributed by atoms with Gasteiger partial charge < -0.3 is 15.5 Å². The van der Waals surface area contributed by atoms with E-state index in [2.05, 4.69) is 21.9 Å². The predicted octanol–water partition coefficient (Wildman–Crippen LogP) is 2.50. The van der Waals surface area contributed by atoms with Gasteiger partial charge in [-0.2, -0.15) is 5.10 Å². The fourth-order valence-corrected chi connectivity index (χ4v) is 4.35. The van der Waals surface area contributed by atoms with Gasteiger partial charge in [0.05, 0.1) is 5.52 Å². The SMILES string of the molecule is CCCC(=O)N(C)Cc1ccc2c(c1)c(C(N)=O)nn2-c1cc(C#C[C@]2(C)CCN(C)C2=O)ccn1. The molecular formula is C27H30N6O3. The second-order valence-electron chi connectivity index (χ2n) is 9.44. The number of pyridine rings is 1. The highest BCUT2D eigenvalue weighted by molar-refractivity contribution is 6.04. The maximum absolute atomic E-state index is 12.4. The van der Waals surface area contributed by atoms with Crippen molar-refractivity contribution in [1.82, 2.24) is 24.6 Å². The van der Waals surface area contributed by atoms with E-state index in [1.807, 2.05) is 32.0 Å². The van der Waals surface area contributed by atoms with Gasteiger partial charge in [-0.15, -0.1) is 0 Å². The van der Waals surface area contributed by atoms with Crippen molar-refractivity contribution in [1.29, 1.82) is 0 Å². The Hall–Kier alpha value is -4.19. The molecule has 2 aromatic heterocycles. The van der Waals surface area contributed by atoms with Crippen LogP contribution in [0.1, 0.15) is 54.7 Å². The average molecular weight is 487 g/mol. The van der Waals surface area contributed by atoms with Crippen molar-refractivity contribution in [3.8, 4) is 17.7 Å². The zero-order valence-corrected chi connectivity index (χ0v) is 21.0. The van der Waals surface area contributed by atoms with Gasteiger partial charge in [-0.1, -0.05) is 24.8 Å². The molecule has 0 spiro atoms. The molecule has 1 aliphatic heterocycles. The third kappa shape index (κ3) is 4.80. The summed E-state index contributed by atoms with van der Waals surface area (Å²) < 4.78 is 1.56. The summed E-state index contributed by atoms with van der Waals surface area (Å²) in [6, 6.07) is 9.11. The van der Waals surface area contributed by atoms with E-state index in [-0.39, 0.29) is 17.5 Å². The monoisotopic (exact) mass is 486 g/mol. The molecule has 186 valence electrons. The fourth-order valence-electron chi connectivity index (χ4n) is 4.35. The Morgan fingerprint density at radius 1 is 1.25 bits per heavy atom. The zero-order chi connectivity index (χ0) is 26.0. The van der Waals surface area contributed by atoms with Crippen LogP contribution < -0.4 is 5.73 Å². The summed E-state index contributed by atoms with van der Waals surface area (Å²) in [5.74, 6) is 6.14. The van der Waals surface area contributed by atoms with E-state index in [1.165, 1.54) is 0 Å².